The van der Waals surface area contributed by atoms with Crippen LogP contribution in [0.3, 0.4) is 0 Å². The van der Waals surface area contributed by atoms with Gasteiger partial charge in [0.15, 0.2) is 0 Å². The van der Waals surface area contributed by atoms with E-state index in [1.807, 2.05) is 6.07 Å². The van der Waals surface area contributed by atoms with Crippen LogP contribution in [0.25, 0.3) is 0 Å². The zero-order chi connectivity index (χ0) is 11.1. The van der Waals surface area contributed by atoms with Crippen molar-refractivity contribution < 1.29 is 0 Å². The first-order valence-corrected chi connectivity index (χ1v) is 5.25. The molecule has 0 spiro atoms. The maximum atomic E-state index is 8.66. The van der Waals surface area contributed by atoms with E-state index in [2.05, 4.69) is 11.4 Å². The Morgan fingerprint density at radius 2 is 2.27 bits per heavy atom. The number of rotatable bonds is 5. The molecule has 0 aromatic heterocycles. The SMILES string of the molecule is N#Cc1ccc(CNCCCN)c(Cl)c1. The van der Waals surface area contributed by atoms with Crippen molar-refractivity contribution in [2.45, 2.75) is 13.0 Å². The molecule has 1 aromatic carbocycles. The van der Waals surface area contributed by atoms with Gasteiger partial charge in [0.25, 0.3) is 0 Å². The predicted octanol–water partition coefficient (Wildman–Crippen LogP) is 1.65. The van der Waals surface area contributed by atoms with Crippen LogP contribution in [0.2, 0.25) is 5.02 Å². The van der Waals surface area contributed by atoms with Gasteiger partial charge in [0.1, 0.15) is 0 Å². The standard InChI is InChI=1S/C11H14ClN3/c12-11-6-9(7-14)2-3-10(11)8-15-5-1-4-13/h2-3,6,15H,1,4-5,8,13H2. The van der Waals surface area contributed by atoms with E-state index in [4.69, 9.17) is 22.6 Å². The molecule has 1 aromatic rings. The van der Waals surface area contributed by atoms with Crippen LogP contribution in [-0.2, 0) is 6.54 Å². The Bertz CT molecular complexity index is 357. The Labute approximate surface area is 94.8 Å². The summed E-state index contributed by atoms with van der Waals surface area (Å²) in [6, 6.07) is 7.37. The molecule has 0 radical (unpaired) electrons. The van der Waals surface area contributed by atoms with Crippen LogP contribution < -0.4 is 11.1 Å². The van der Waals surface area contributed by atoms with Gasteiger partial charge in [-0.05, 0) is 37.2 Å². The summed E-state index contributed by atoms with van der Waals surface area (Å²) < 4.78 is 0. The molecular weight excluding hydrogens is 210 g/mol. The zero-order valence-electron chi connectivity index (χ0n) is 8.46. The molecular formula is C11H14ClN3. The molecule has 1 rings (SSSR count). The van der Waals surface area contributed by atoms with Gasteiger partial charge in [-0.1, -0.05) is 17.7 Å². The van der Waals surface area contributed by atoms with Crippen LogP contribution in [0, 0.1) is 11.3 Å². The van der Waals surface area contributed by atoms with Crippen LogP contribution in [0.5, 0.6) is 0 Å². The van der Waals surface area contributed by atoms with E-state index in [0.717, 1.165) is 18.5 Å². The van der Waals surface area contributed by atoms with E-state index in [0.29, 0.717) is 23.7 Å². The molecule has 15 heavy (non-hydrogen) atoms. The molecule has 0 bridgehead atoms. The summed E-state index contributed by atoms with van der Waals surface area (Å²) in [6.07, 6.45) is 0.952. The first-order chi connectivity index (χ1) is 7.27. The molecule has 0 aliphatic rings. The number of hydrogen-bond donors (Lipinski definition) is 2. The summed E-state index contributed by atoms with van der Waals surface area (Å²) in [7, 11) is 0. The average molecular weight is 224 g/mol. The van der Waals surface area contributed by atoms with Crippen molar-refractivity contribution in [2.75, 3.05) is 13.1 Å². The van der Waals surface area contributed by atoms with Crippen molar-refractivity contribution in [1.82, 2.24) is 5.32 Å². The molecule has 0 heterocycles. The first kappa shape index (κ1) is 12.0. The average Bonchev–Trinajstić information content (AvgIpc) is 2.26. The Kier molecular flexibility index (Phi) is 5.13. The van der Waals surface area contributed by atoms with Crippen molar-refractivity contribution >= 4 is 11.6 Å². The molecule has 80 valence electrons. The smallest absolute Gasteiger partial charge is 0.0992 e. The molecule has 0 atom stereocenters. The molecule has 0 saturated heterocycles. The molecule has 0 aliphatic carbocycles. The Morgan fingerprint density at radius 3 is 2.87 bits per heavy atom. The lowest BCUT2D eigenvalue weighted by Crippen LogP contribution is -2.17. The van der Waals surface area contributed by atoms with Gasteiger partial charge in [-0.3, -0.25) is 0 Å². The largest absolute Gasteiger partial charge is 0.330 e. The fourth-order valence-corrected chi connectivity index (χ4v) is 1.46. The second-order valence-corrected chi connectivity index (χ2v) is 3.64. The molecule has 0 fully saturated rings. The van der Waals surface area contributed by atoms with Crippen LogP contribution in [0.1, 0.15) is 17.5 Å². The number of nitriles is 1. The fraction of sp³-hybridized carbons (Fsp3) is 0.364. The topological polar surface area (TPSA) is 61.8 Å². The van der Waals surface area contributed by atoms with Gasteiger partial charge < -0.3 is 11.1 Å². The van der Waals surface area contributed by atoms with Crippen molar-refractivity contribution in [2.24, 2.45) is 5.73 Å². The molecule has 3 N–H and O–H groups in total. The lowest BCUT2D eigenvalue weighted by Gasteiger charge is -2.06. The maximum absolute atomic E-state index is 8.66. The second-order valence-electron chi connectivity index (χ2n) is 3.24. The molecule has 4 heteroatoms. The molecule has 0 amide bonds. The van der Waals surface area contributed by atoms with Crippen LogP contribution in [-0.4, -0.2) is 13.1 Å². The molecule has 3 nitrogen and oxygen atoms in total. The highest BCUT2D eigenvalue weighted by atomic mass is 35.5. The van der Waals surface area contributed by atoms with E-state index in [1.54, 1.807) is 12.1 Å². The number of hydrogen-bond acceptors (Lipinski definition) is 3. The number of nitrogens with two attached hydrogens (primary N) is 1. The Hall–Kier alpha value is -1.08. The van der Waals surface area contributed by atoms with Gasteiger partial charge in [0.2, 0.25) is 0 Å². The number of halogens is 1. The minimum atomic E-state index is 0.589. The van der Waals surface area contributed by atoms with Gasteiger partial charge in [-0.15, -0.1) is 0 Å². The lowest BCUT2D eigenvalue weighted by molar-refractivity contribution is 0.655. The van der Waals surface area contributed by atoms with E-state index < -0.39 is 0 Å². The fourth-order valence-electron chi connectivity index (χ4n) is 1.21. The second kappa shape index (κ2) is 6.41. The highest BCUT2D eigenvalue weighted by molar-refractivity contribution is 6.31. The first-order valence-electron chi connectivity index (χ1n) is 4.87. The third-order valence-corrected chi connectivity index (χ3v) is 2.41. The summed E-state index contributed by atoms with van der Waals surface area (Å²) in [5.74, 6) is 0. The summed E-state index contributed by atoms with van der Waals surface area (Å²) >= 11 is 6.01. The van der Waals surface area contributed by atoms with Crippen LogP contribution in [0.4, 0.5) is 0 Å². The minimum Gasteiger partial charge on any atom is -0.330 e. The summed E-state index contributed by atoms with van der Waals surface area (Å²) in [6.45, 7) is 2.28. The van der Waals surface area contributed by atoms with Gasteiger partial charge in [0.05, 0.1) is 11.6 Å². The minimum absolute atomic E-state index is 0.589. The quantitative estimate of drug-likeness (QED) is 0.747. The van der Waals surface area contributed by atoms with Gasteiger partial charge in [-0.2, -0.15) is 5.26 Å². The monoisotopic (exact) mass is 223 g/mol. The number of nitrogens with zero attached hydrogens (tertiary/aromatic N) is 1. The Morgan fingerprint density at radius 1 is 1.47 bits per heavy atom. The van der Waals surface area contributed by atoms with Crippen molar-refractivity contribution in [3.05, 3.63) is 34.3 Å². The normalized spacial score (nSPS) is 9.93. The summed E-state index contributed by atoms with van der Waals surface area (Å²) in [5.41, 5.74) is 6.97. The third-order valence-electron chi connectivity index (χ3n) is 2.06. The molecule has 0 aliphatic heterocycles. The van der Waals surface area contributed by atoms with E-state index in [1.165, 1.54) is 0 Å². The summed E-state index contributed by atoms with van der Waals surface area (Å²) in [5, 5.41) is 12.5. The van der Waals surface area contributed by atoms with E-state index in [-0.39, 0.29) is 0 Å². The maximum Gasteiger partial charge on any atom is 0.0992 e. The van der Waals surface area contributed by atoms with Crippen molar-refractivity contribution in [3.63, 3.8) is 0 Å². The zero-order valence-corrected chi connectivity index (χ0v) is 9.22. The highest BCUT2D eigenvalue weighted by Crippen LogP contribution is 2.17. The highest BCUT2D eigenvalue weighted by Gasteiger charge is 2.00. The molecule has 0 saturated carbocycles. The Balaban J connectivity index is 2.52. The third kappa shape index (κ3) is 3.88. The van der Waals surface area contributed by atoms with Gasteiger partial charge in [-0.25, -0.2) is 0 Å². The summed E-state index contributed by atoms with van der Waals surface area (Å²) in [4.78, 5) is 0. The number of nitrogens with one attached hydrogen (secondary N) is 1. The van der Waals surface area contributed by atoms with Crippen LogP contribution >= 0.6 is 11.6 Å². The van der Waals surface area contributed by atoms with E-state index in [9.17, 15) is 0 Å². The lowest BCUT2D eigenvalue weighted by atomic mass is 10.1. The number of benzene rings is 1. The van der Waals surface area contributed by atoms with E-state index >= 15 is 0 Å². The van der Waals surface area contributed by atoms with Gasteiger partial charge in [0, 0.05) is 11.6 Å². The molecule has 0 unspecified atom stereocenters. The van der Waals surface area contributed by atoms with Gasteiger partial charge >= 0.3 is 0 Å². The van der Waals surface area contributed by atoms with Crippen molar-refractivity contribution in [1.29, 1.82) is 5.26 Å². The van der Waals surface area contributed by atoms with Crippen LogP contribution in [0.15, 0.2) is 18.2 Å². The van der Waals surface area contributed by atoms with Crippen molar-refractivity contribution in [3.8, 4) is 6.07 Å². The predicted molar refractivity (Wildman–Crippen MR) is 61.5 cm³/mol.